The van der Waals surface area contributed by atoms with Gasteiger partial charge in [-0.05, 0) is 67.4 Å². The predicted octanol–water partition coefficient (Wildman–Crippen LogP) is 2.97. The first-order chi connectivity index (χ1) is 13.7. The number of carboxylic acid groups (broad SMARTS) is 1. The third kappa shape index (κ3) is 5.15. The van der Waals surface area contributed by atoms with E-state index in [-0.39, 0.29) is 12.1 Å². The summed E-state index contributed by atoms with van der Waals surface area (Å²) >= 11 is 0. The van der Waals surface area contributed by atoms with Crippen LogP contribution in [-0.4, -0.2) is 30.6 Å². The summed E-state index contributed by atoms with van der Waals surface area (Å²) in [5.41, 5.74) is 2.50. The standard InChI is InChI=1S/C21H21F2N3O3/c1-11-4-13(9-24)5-12(2)20(11)14-6-15(21(23)16(22)7-14)17(8-19(28)29)26-18(27)10-25-3/h4-7,17,25H,8,10H2,1-3H3,(H,26,27)(H,28,29). The summed E-state index contributed by atoms with van der Waals surface area (Å²) in [5.74, 6) is -4.18. The quantitative estimate of drug-likeness (QED) is 0.662. The fourth-order valence-corrected chi connectivity index (χ4v) is 3.31. The van der Waals surface area contributed by atoms with Crippen LogP contribution in [0.15, 0.2) is 24.3 Å². The summed E-state index contributed by atoms with van der Waals surface area (Å²) < 4.78 is 29.0. The van der Waals surface area contributed by atoms with Gasteiger partial charge in [0.2, 0.25) is 5.91 Å². The second kappa shape index (κ2) is 9.26. The highest BCUT2D eigenvalue weighted by atomic mass is 19.2. The van der Waals surface area contributed by atoms with Crippen molar-refractivity contribution in [1.29, 1.82) is 5.26 Å². The molecule has 2 aromatic rings. The van der Waals surface area contributed by atoms with Crippen LogP contribution in [0.5, 0.6) is 0 Å². The van der Waals surface area contributed by atoms with Crippen LogP contribution in [0, 0.1) is 36.8 Å². The lowest BCUT2D eigenvalue weighted by atomic mass is 9.91. The largest absolute Gasteiger partial charge is 0.481 e. The lowest BCUT2D eigenvalue weighted by molar-refractivity contribution is -0.137. The van der Waals surface area contributed by atoms with Gasteiger partial charge in [-0.15, -0.1) is 0 Å². The van der Waals surface area contributed by atoms with Crippen molar-refractivity contribution in [3.05, 3.63) is 58.2 Å². The Morgan fingerprint density at radius 1 is 1.17 bits per heavy atom. The second-order valence-electron chi connectivity index (χ2n) is 6.71. The maximum absolute atomic E-state index is 14.6. The van der Waals surface area contributed by atoms with Gasteiger partial charge in [0.15, 0.2) is 11.6 Å². The van der Waals surface area contributed by atoms with Crippen molar-refractivity contribution in [1.82, 2.24) is 10.6 Å². The number of aliphatic carboxylic acids is 1. The Balaban J connectivity index is 2.62. The van der Waals surface area contributed by atoms with Crippen molar-refractivity contribution < 1.29 is 23.5 Å². The molecule has 0 saturated carbocycles. The molecule has 0 aromatic heterocycles. The van der Waals surface area contributed by atoms with Crippen LogP contribution in [0.2, 0.25) is 0 Å². The number of amides is 1. The van der Waals surface area contributed by atoms with E-state index < -0.39 is 36.0 Å². The first-order valence-electron chi connectivity index (χ1n) is 8.84. The average Bonchev–Trinajstić information content (AvgIpc) is 2.63. The molecule has 3 N–H and O–H groups in total. The van der Waals surface area contributed by atoms with Crippen molar-refractivity contribution in [2.45, 2.75) is 26.3 Å². The molecular weight excluding hydrogens is 380 g/mol. The van der Waals surface area contributed by atoms with Crippen LogP contribution in [-0.2, 0) is 9.59 Å². The molecule has 2 rings (SSSR count). The molecular formula is C21H21F2N3O3. The number of carbonyl (C=O) groups is 2. The van der Waals surface area contributed by atoms with Crippen molar-refractivity contribution in [3.63, 3.8) is 0 Å². The predicted molar refractivity (Wildman–Crippen MR) is 103 cm³/mol. The molecule has 0 aliphatic heterocycles. The minimum absolute atomic E-state index is 0.103. The van der Waals surface area contributed by atoms with E-state index in [1.807, 2.05) is 6.07 Å². The van der Waals surface area contributed by atoms with Crippen molar-refractivity contribution in [3.8, 4) is 17.2 Å². The number of nitriles is 1. The molecule has 0 aliphatic rings. The molecule has 29 heavy (non-hydrogen) atoms. The molecule has 0 aliphatic carbocycles. The molecule has 1 amide bonds. The fourth-order valence-electron chi connectivity index (χ4n) is 3.31. The Bertz CT molecular complexity index is 976. The number of nitrogens with zero attached hydrogens (tertiary/aromatic N) is 1. The van der Waals surface area contributed by atoms with Gasteiger partial charge in [0.1, 0.15) is 0 Å². The van der Waals surface area contributed by atoms with Crippen molar-refractivity contribution in [2.75, 3.05) is 13.6 Å². The van der Waals surface area contributed by atoms with Crippen LogP contribution >= 0.6 is 0 Å². The van der Waals surface area contributed by atoms with Crippen LogP contribution in [0.4, 0.5) is 8.78 Å². The first kappa shape index (κ1) is 22.0. The molecule has 0 spiro atoms. The Kier molecular flexibility index (Phi) is 7.02. The van der Waals surface area contributed by atoms with Crippen LogP contribution in [0.25, 0.3) is 11.1 Å². The number of carbonyl (C=O) groups excluding carboxylic acids is 1. The van der Waals surface area contributed by atoms with E-state index in [4.69, 9.17) is 10.4 Å². The van der Waals surface area contributed by atoms with Gasteiger partial charge in [-0.2, -0.15) is 5.26 Å². The topological polar surface area (TPSA) is 102 Å². The van der Waals surface area contributed by atoms with Gasteiger partial charge in [0, 0.05) is 5.56 Å². The summed E-state index contributed by atoms with van der Waals surface area (Å²) in [7, 11) is 1.53. The Morgan fingerprint density at radius 2 is 1.79 bits per heavy atom. The summed E-state index contributed by atoms with van der Waals surface area (Å²) in [6.07, 6.45) is -0.611. The van der Waals surface area contributed by atoms with E-state index in [1.165, 1.54) is 13.1 Å². The number of benzene rings is 2. The van der Waals surface area contributed by atoms with Crippen LogP contribution < -0.4 is 10.6 Å². The number of halogens is 2. The lowest BCUT2D eigenvalue weighted by Gasteiger charge is -2.20. The van der Waals surface area contributed by atoms with Gasteiger partial charge in [-0.3, -0.25) is 9.59 Å². The van der Waals surface area contributed by atoms with Gasteiger partial charge in [0.25, 0.3) is 0 Å². The zero-order valence-corrected chi connectivity index (χ0v) is 16.3. The number of hydrogen-bond acceptors (Lipinski definition) is 4. The molecule has 0 heterocycles. The highest BCUT2D eigenvalue weighted by Gasteiger charge is 2.25. The van der Waals surface area contributed by atoms with Crippen molar-refractivity contribution in [2.24, 2.45) is 0 Å². The highest BCUT2D eigenvalue weighted by molar-refractivity contribution is 5.80. The number of likely N-dealkylation sites (N-methyl/N-ethyl adjacent to an activating group) is 1. The third-order valence-electron chi connectivity index (χ3n) is 4.43. The van der Waals surface area contributed by atoms with Gasteiger partial charge in [0.05, 0.1) is 30.6 Å². The third-order valence-corrected chi connectivity index (χ3v) is 4.43. The van der Waals surface area contributed by atoms with Gasteiger partial charge in [-0.1, -0.05) is 0 Å². The Morgan fingerprint density at radius 3 is 2.31 bits per heavy atom. The van der Waals surface area contributed by atoms with E-state index in [0.717, 1.165) is 6.07 Å². The number of rotatable bonds is 7. The van der Waals surface area contributed by atoms with Crippen molar-refractivity contribution >= 4 is 11.9 Å². The lowest BCUT2D eigenvalue weighted by Crippen LogP contribution is -2.36. The Labute approximate surface area is 167 Å². The second-order valence-corrected chi connectivity index (χ2v) is 6.71. The number of hydrogen-bond donors (Lipinski definition) is 3. The summed E-state index contributed by atoms with van der Waals surface area (Å²) in [6, 6.07) is 6.42. The van der Waals surface area contributed by atoms with Crippen LogP contribution in [0.3, 0.4) is 0 Å². The summed E-state index contributed by atoms with van der Waals surface area (Å²) in [6.45, 7) is 3.38. The maximum Gasteiger partial charge on any atom is 0.305 e. The average molecular weight is 401 g/mol. The minimum atomic E-state index is -1.27. The zero-order chi connectivity index (χ0) is 21.7. The molecule has 6 nitrogen and oxygen atoms in total. The maximum atomic E-state index is 14.6. The number of nitrogens with one attached hydrogen (secondary N) is 2. The van der Waals surface area contributed by atoms with E-state index in [0.29, 0.717) is 27.8 Å². The summed E-state index contributed by atoms with van der Waals surface area (Å²) in [4.78, 5) is 23.2. The normalized spacial score (nSPS) is 11.6. The number of carboxylic acids is 1. The Hall–Kier alpha value is -3.31. The van der Waals surface area contributed by atoms with Gasteiger partial charge >= 0.3 is 5.97 Å². The first-order valence-corrected chi connectivity index (χ1v) is 8.84. The van der Waals surface area contributed by atoms with E-state index >= 15 is 0 Å². The molecule has 0 fully saturated rings. The van der Waals surface area contributed by atoms with Crippen LogP contribution in [0.1, 0.15) is 34.7 Å². The van der Waals surface area contributed by atoms with Gasteiger partial charge < -0.3 is 15.7 Å². The summed E-state index contributed by atoms with van der Waals surface area (Å²) in [5, 5.41) is 23.3. The zero-order valence-electron chi connectivity index (χ0n) is 16.3. The molecule has 1 atom stereocenters. The molecule has 0 bridgehead atoms. The molecule has 0 saturated heterocycles. The highest BCUT2D eigenvalue weighted by Crippen LogP contribution is 2.33. The van der Waals surface area contributed by atoms with Gasteiger partial charge in [-0.25, -0.2) is 8.78 Å². The molecule has 152 valence electrons. The molecule has 2 aromatic carbocycles. The minimum Gasteiger partial charge on any atom is -0.481 e. The molecule has 0 radical (unpaired) electrons. The molecule has 8 heteroatoms. The fraction of sp³-hybridized carbons (Fsp3) is 0.286. The smallest absolute Gasteiger partial charge is 0.305 e. The van der Waals surface area contributed by atoms with E-state index in [2.05, 4.69) is 10.6 Å². The molecule has 1 unspecified atom stereocenters. The monoisotopic (exact) mass is 401 g/mol. The van der Waals surface area contributed by atoms with E-state index in [1.54, 1.807) is 26.0 Å². The number of aryl methyl sites for hydroxylation is 2. The van der Waals surface area contributed by atoms with E-state index in [9.17, 15) is 18.4 Å². The SMILES string of the molecule is CNCC(=O)NC(CC(=O)O)c1cc(-c2c(C)cc(C#N)cc2C)cc(F)c1F.